The Morgan fingerprint density at radius 3 is 2.70 bits per heavy atom. The Labute approximate surface area is 131 Å². The number of carbonyl (C=O) groups excluding carboxylic acids is 3. The van der Waals surface area contributed by atoms with Gasteiger partial charge in [-0.05, 0) is 24.3 Å². The zero-order valence-electron chi connectivity index (χ0n) is 12.1. The lowest BCUT2D eigenvalue weighted by Crippen LogP contribution is -2.47. The molecule has 0 bridgehead atoms. The molecular formula is C17H11NO5. The summed E-state index contributed by atoms with van der Waals surface area (Å²) in [5.74, 6) is -0.997. The van der Waals surface area contributed by atoms with Gasteiger partial charge in [0.05, 0.1) is 18.2 Å². The van der Waals surface area contributed by atoms with E-state index in [-0.39, 0.29) is 17.0 Å². The van der Waals surface area contributed by atoms with Crippen LogP contribution in [0.4, 0.5) is 0 Å². The lowest BCUT2D eigenvalue weighted by atomic mass is 9.95. The van der Waals surface area contributed by atoms with Gasteiger partial charge in [-0.15, -0.1) is 0 Å². The average Bonchev–Trinajstić information content (AvgIpc) is 3.02. The van der Waals surface area contributed by atoms with Gasteiger partial charge in [-0.1, -0.05) is 18.2 Å². The molecule has 0 aromatic heterocycles. The van der Waals surface area contributed by atoms with Crippen molar-refractivity contribution in [1.29, 1.82) is 0 Å². The molecule has 2 aliphatic heterocycles. The Morgan fingerprint density at radius 1 is 1.13 bits per heavy atom. The molecule has 0 saturated carbocycles. The number of carbonyl (C=O) groups is 3. The predicted octanol–water partition coefficient (Wildman–Crippen LogP) is 1.64. The quantitative estimate of drug-likeness (QED) is 0.810. The third kappa shape index (κ3) is 1.66. The Bertz CT molecular complexity index is 888. The van der Waals surface area contributed by atoms with E-state index >= 15 is 0 Å². The molecule has 1 spiro atoms. The summed E-state index contributed by atoms with van der Waals surface area (Å²) in [6.07, 6.45) is 0. The van der Waals surface area contributed by atoms with Crippen LogP contribution in [0.5, 0.6) is 5.75 Å². The van der Waals surface area contributed by atoms with E-state index in [0.717, 1.165) is 0 Å². The van der Waals surface area contributed by atoms with Gasteiger partial charge in [-0.2, -0.15) is 0 Å². The number of fused-ring (bicyclic) bond motifs is 3. The number of benzene rings is 2. The fourth-order valence-corrected chi connectivity index (χ4v) is 2.98. The van der Waals surface area contributed by atoms with Crippen LogP contribution in [0.25, 0.3) is 0 Å². The third-order valence-electron chi connectivity index (χ3n) is 4.07. The van der Waals surface area contributed by atoms with E-state index in [4.69, 9.17) is 4.74 Å². The molecule has 2 heterocycles. The number of ketones is 1. The summed E-state index contributed by atoms with van der Waals surface area (Å²) >= 11 is 0. The van der Waals surface area contributed by atoms with Gasteiger partial charge in [-0.25, -0.2) is 4.79 Å². The van der Waals surface area contributed by atoms with E-state index in [9.17, 15) is 14.4 Å². The minimum atomic E-state index is -1.55. The van der Waals surface area contributed by atoms with Gasteiger partial charge < -0.3 is 14.8 Å². The van der Waals surface area contributed by atoms with Crippen molar-refractivity contribution < 1.29 is 23.9 Å². The van der Waals surface area contributed by atoms with Crippen LogP contribution < -0.4 is 10.1 Å². The van der Waals surface area contributed by atoms with Crippen molar-refractivity contribution in [2.45, 2.75) is 5.72 Å². The van der Waals surface area contributed by atoms with Gasteiger partial charge in [0.2, 0.25) is 5.78 Å². The molecule has 4 rings (SSSR count). The van der Waals surface area contributed by atoms with Crippen molar-refractivity contribution in [1.82, 2.24) is 5.32 Å². The maximum Gasteiger partial charge on any atom is 0.337 e. The molecule has 1 N–H and O–H groups in total. The summed E-state index contributed by atoms with van der Waals surface area (Å²) in [5.41, 5.74) is -0.180. The van der Waals surface area contributed by atoms with Crippen molar-refractivity contribution in [2.24, 2.45) is 0 Å². The first kappa shape index (κ1) is 13.5. The maximum atomic E-state index is 12.9. The highest BCUT2D eigenvalue weighted by Crippen LogP contribution is 2.43. The molecule has 0 radical (unpaired) electrons. The first-order valence-electron chi connectivity index (χ1n) is 6.95. The Kier molecular flexibility index (Phi) is 2.60. The van der Waals surface area contributed by atoms with Gasteiger partial charge >= 0.3 is 5.97 Å². The van der Waals surface area contributed by atoms with Crippen LogP contribution in [-0.2, 0) is 10.5 Å². The number of Topliss-reactive ketones (excluding diaryl/α,β-unsaturated/α-hetero) is 1. The Balaban J connectivity index is 1.85. The van der Waals surface area contributed by atoms with Crippen LogP contribution >= 0.6 is 0 Å². The molecule has 0 aliphatic carbocycles. The summed E-state index contributed by atoms with van der Waals surface area (Å²) in [5, 5.41) is 2.63. The van der Waals surface area contributed by atoms with Gasteiger partial charge in [0.1, 0.15) is 5.75 Å². The summed E-state index contributed by atoms with van der Waals surface area (Å²) in [6.45, 7) is 0. The first-order valence-corrected chi connectivity index (χ1v) is 6.95. The summed E-state index contributed by atoms with van der Waals surface area (Å²) in [7, 11) is 1.27. The van der Waals surface area contributed by atoms with Crippen LogP contribution in [0.1, 0.15) is 36.6 Å². The van der Waals surface area contributed by atoms with Crippen LogP contribution in [0.2, 0.25) is 0 Å². The van der Waals surface area contributed by atoms with E-state index in [1.807, 2.05) is 0 Å². The fraction of sp³-hybridized carbons (Fsp3) is 0.118. The number of methoxy groups -OCH3 is 1. The molecule has 1 amide bonds. The Hall–Kier alpha value is -3.15. The van der Waals surface area contributed by atoms with Crippen molar-refractivity contribution in [2.75, 3.05) is 7.11 Å². The molecule has 0 saturated heterocycles. The van der Waals surface area contributed by atoms with Crippen molar-refractivity contribution in [3.8, 4) is 5.75 Å². The molecule has 6 heteroatoms. The highest BCUT2D eigenvalue weighted by Gasteiger charge is 2.56. The second kappa shape index (κ2) is 4.42. The van der Waals surface area contributed by atoms with Crippen LogP contribution in [0.15, 0.2) is 42.5 Å². The fourth-order valence-electron chi connectivity index (χ4n) is 2.98. The molecule has 2 aromatic carbocycles. The number of hydrogen-bond acceptors (Lipinski definition) is 5. The predicted molar refractivity (Wildman–Crippen MR) is 78.3 cm³/mol. The largest absolute Gasteiger partial charge is 0.465 e. The van der Waals surface area contributed by atoms with Gasteiger partial charge in [-0.3, -0.25) is 9.59 Å². The highest BCUT2D eigenvalue weighted by molar-refractivity contribution is 6.15. The molecule has 1 atom stereocenters. The van der Waals surface area contributed by atoms with E-state index in [1.54, 1.807) is 24.3 Å². The number of hydrogen-bond donors (Lipinski definition) is 1. The molecule has 23 heavy (non-hydrogen) atoms. The second-order valence-electron chi connectivity index (χ2n) is 5.31. The number of amides is 1. The van der Waals surface area contributed by atoms with Gasteiger partial charge in [0.15, 0.2) is 0 Å². The molecule has 2 aromatic rings. The van der Waals surface area contributed by atoms with E-state index in [1.165, 1.54) is 25.3 Å². The minimum absolute atomic E-state index is 0.241. The van der Waals surface area contributed by atoms with E-state index in [2.05, 4.69) is 10.1 Å². The topological polar surface area (TPSA) is 81.7 Å². The number of esters is 1. The monoisotopic (exact) mass is 309 g/mol. The maximum absolute atomic E-state index is 12.9. The summed E-state index contributed by atoms with van der Waals surface area (Å²) in [6, 6.07) is 11.2. The molecule has 114 valence electrons. The summed E-state index contributed by atoms with van der Waals surface area (Å²) in [4.78, 5) is 36.7. The minimum Gasteiger partial charge on any atom is -0.465 e. The van der Waals surface area contributed by atoms with E-state index < -0.39 is 17.5 Å². The van der Waals surface area contributed by atoms with Crippen LogP contribution in [-0.4, -0.2) is 24.8 Å². The van der Waals surface area contributed by atoms with Crippen molar-refractivity contribution >= 4 is 17.7 Å². The lowest BCUT2D eigenvalue weighted by molar-refractivity contribution is 0.0414. The Morgan fingerprint density at radius 2 is 1.91 bits per heavy atom. The van der Waals surface area contributed by atoms with Crippen molar-refractivity contribution in [3.05, 3.63) is 64.7 Å². The summed E-state index contributed by atoms with van der Waals surface area (Å²) < 4.78 is 10.5. The number of ether oxygens (including phenoxy) is 2. The molecule has 2 aliphatic rings. The van der Waals surface area contributed by atoms with Gasteiger partial charge in [0, 0.05) is 11.1 Å². The molecular weight excluding hydrogens is 298 g/mol. The SMILES string of the molecule is COC(=O)c1ccc2c(c1)C(=O)C1(NC(=O)c3ccccc31)O2. The third-order valence-corrected chi connectivity index (χ3v) is 4.07. The second-order valence-corrected chi connectivity index (χ2v) is 5.31. The van der Waals surface area contributed by atoms with Crippen molar-refractivity contribution in [3.63, 3.8) is 0 Å². The zero-order chi connectivity index (χ0) is 16.2. The lowest BCUT2D eigenvalue weighted by Gasteiger charge is -2.22. The normalized spacial score (nSPS) is 20.7. The molecule has 6 nitrogen and oxygen atoms in total. The smallest absolute Gasteiger partial charge is 0.337 e. The molecule has 1 unspecified atom stereocenters. The number of nitrogens with one attached hydrogen (secondary N) is 1. The highest BCUT2D eigenvalue weighted by atomic mass is 16.5. The van der Waals surface area contributed by atoms with Crippen LogP contribution in [0, 0.1) is 0 Å². The first-order chi connectivity index (χ1) is 11.1. The number of rotatable bonds is 1. The average molecular weight is 309 g/mol. The molecule has 0 fully saturated rings. The zero-order valence-corrected chi connectivity index (χ0v) is 12.1. The standard InChI is InChI=1S/C17H11NO5/c1-22-16(21)9-6-7-13-11(8-9)14(19)17(23-13)12-5-3-2-4-10(12)15(20)18-17/h2-8H,1H3,(H,18,20). The van der Waals surface area contributed by atoms with E-state index in [0.29, 0.717) is 16.9 Å². The van der Waals surface area contributed by atoms with Gasteiger partial charge in [0.25, 0.3) is 11.6 Å². The van der Waals surface area contributed by atoms with Crippen LogP contribution in [0.3, 0.4) is 0 Å².